The third-order valence-electron chi connectivity index (χ3n) is 2.46. The topological polar surface area (TPSA) is 66.6 Å². The molecule has 1 heterocycles. The molecule has 15 heavy (non-hydrogen) atoms. The van der Waals surface area contributed by atoms with Crippen molar-refractivity contribution in [2.45, 2.75) is 11.8 Å². The minimum absolute atomic E-state index is 0.0519. The van der Waals surface area contributed by atoms with Crippen LogP contribution in [-0.2, 0) is 10.0 Å². The Balaban J connectivity index is 2.85. The first-order valence-corrected chi connectivity index (χ1v) is 6.07. The Morgan fingerprint density at radius 1 is 1.47 bits per heavy atom. The van der Waals surface area contributed by atoms with Gasteiger partial charge < -0.3 is 10.6 Å². The van der Waals surface area contributed by atoms with E-state index < -0.39 is 21.8 Å². The monoisotopic (exact) mass is 243 g/mol. The van der Waals surface area contributed by atoms with Crippen LogP contribution in [-0.4, -0.2) is 62.6 Å². The van der Waals surface area contributed by atoms with E-state index in [0.717, 1.165) is 4.31 Å². The lowest BCUT2D eigenvalue weighted by molar-refractivity contribution is 0.146. The smallest absolute Gasteiger partial charge is 0.329 e. The van der Waals surface area contributed by atoms with Gasteiger partial charge in [-0.2, -0.15) is 13.1 Å². The van der Waals surface area contributed by atoms with Gasteiger partial charge in [0.25, 0.3) is 10.0 Å². The van der Waals surface area contributed by atoms with Crippen LogP contribution in [0.4, 0.5) is 8.78 Å². The molecule has 0 aromatic rings. The Morgan fingerprint density at radius 2 is 2.07 bits per heavy atom. The molecule has 0 saturated carbocycles. The second-order valence-electron chi connectivity index (χ2n) is 3.57. The molecule has 0 radical (unpaired) electrons. The molecule has 1 unspecified atom stereocenters. The van der Waals surface area contributed by atoms with Crippen molar-refractivity contribution in [2.24, 2.45) is 5.73 Å². The third kappa shape index (κ3) is 2.63. The molecule has 0 amide bonds. The van der Waals surface area contributed by atoms with Gasteiger partial charge in [-0.25, -0.2) is 8.42 Å². The van der Waals surface area contributed by atoms with E-state index in [1.807, 2.05) is 4.90 Å². The summed E-state index contributed by atoms with van der Waals surface area (Å²) in [5.74, 6) is -3.37. The maximum atomic E-state index is 12.3. The highest BCUT2D eigenvalue weighted by molar-refractivity contribution is 7.89. The summed E-state index contributed by atoms with van der Waals surface area (Å²) >= 11 is 0. The molecule has 8 heteroatoms. The van der Waals surface area contributed by atoms with E-state index in [2.05, 4.69) is 0 Å². The second-order valence-corrected chi connectivity index (χ2v) is 5.42. The van der Waals surface area contributed by atoms with Gasteiger partial charge in [-0.3, -0.25) is 0 Å². The zero-order valence-corrected chi connectivity index (χ0v) is 9.25. The van der Waals surface area contributed by atoms with E-state index in [-0.39, 0.29) is 13.1 Å². The van der Waals surface area contributed by atoms with Crippen LogP contribution >= 0.6 is 0 Å². The first kappa shape index (κ1) is 12.8. The van der Waals surface area contributed by atoms with Crippen LogP contribution in [0, 0.1) is 0 Å². The number of nitrogens with two attached hydrogens (primary N) is 1. The number of rotatable bonds is 3. The highest BCUT2D eigenvalue weighted by Gasteiger charge is 2.38. The molecule has 2 N–H and O–H groups in total. The summed E-state index contributed by atoms with van der Waals surface area (Å²) in [4.78, 5) is 1.87. The number of alkyl halides is 2. The molecule has 1 saturated heterocycles. The molecule has 0 bridgehead atoms. The summed E-state index contributed by atoms with van der Waals surface area (Å²) in [6.07, 6.45) is 0. The van der Waals surface area contributed by atoms with Crippen molar-refractivity contribution in [1.29, 1.82) is 0 Å². The summed E-state index contributed by atoms with van der Waals surface area (Å²) in [5, 5.41) is 0. The molecule has 90 valence electrons. The molecule has 0 spiro atoms. The summed E-state index contributed by atoms with van der Waals surface area (Å²) < 4.78 is 48.0. The highest BCUT2D eigenvalue weighted by Crippen LogP contribution is 2.18. The molecule has 1 aliphatic rings. The number of nitrogens with zero attached hydrogens (tertiary/aromatic N) is 2. The SMILES string of the molecule is CN1CCN(S(=O)(=O)C(F)F)C(CN)C1. The molecular weight excluding hydrogens is 228 g/mol. The number of hydrogen-bond acceptors (Lipinski definition) is 4. The number of likely N-dealkylation sites (N-methyl/N-ethyl adjacent to an activating group) is 1. The van der Waals surface area contributed by atoms with Gasteiger partial charge in [0.2, 0.25) is 0 Å². The molecule has 1 atom stereocenters. The van der Waals surface area contributed by atoms with Crippen molar-refractivity contribution in [3.8, 4) is 0 Å². The quantitative estimate of drug-likeness (QED) is 0.698. The van der Waals surface area contributed by atoms with Crippen molar-refractivity contribution < 1.29 is 17.2 Å². The van der Waals surface area contributed by atoms with Gasteiger partial charge in [0.15, 0.2) is 0 Å². The maximum absolute atomic E-state index is 12.3. The van der Waals surface area contributed by atoms with Gasteiger partial charge >= 0.3 is 5.76 Å². The van der Waals surface area contributed by atoms with Crippen LogP contribution in [0.15, 0.2) is 0 Å². The van der Waals surface area contributed by atoms with E-state index in [9.17, 15) is 17.2 Å². The zero-order valence-electron chi connectivity index (χ0n) is 8.44. The van der Waals surface area contributed by atoms with Gasteiger partial charge in [-0.15, -0.1) is 0 Å². The van der Waals surface area contributed by atoms with Crippen LogP contribution in [0.1, 0.15) is 0 Å². The Labute approximate surface area is 87.9 Å². The zero-order chi connectivity index (χ0) is 11.6. The van der Waals surface area contributed by atoms with E-state index in [1.165, 1.54) is 0 Å². The van der Waals surface area contributed by atoms with Crippen molar-refractivity contribution >= 4 is 10.0 Å². The summed E-state index contributed by atoms with van der Waals surface area (Å²) in [5.41, 5.74) is 5.38. The Bertz CT molecular complexity index is 309. The average molecular weight is 243 g/mol. The molecule has 1 fully saturated rings. The Morgan fingerprint density at radius 3 is 2.53 bits per heavy atom. The third-order valence-corrected chi connectivity index (χ3v) is 4.04. The van der Waals surface area contributed by atoms with Gasteiger partial charge in [-0.05, 0) is 7.05 Å². The molecule has 1 aliphatic heterocycles. The van der Waals surface area contributed by atoms with Crippen LogP contribution in [0.2, 0.25) is 0 Å². The van der Waals surface area contributed by atoms with E-state index in [1.54, 1.807) is 7.05 Å². The van der Waals surface area contributed by atoms with Crippen molar-refractivity contribution in [2.75, 3.05) is 33.2 Å². The fourth-order valence-corrected chi connectivity index (χ4v) is 2.73. The van der Waals surface area contributed by atoms with E-state index >= 15 is 0 Å². The number of hydrogen-bond donors (Lipinski definition) is 1. The summed E-state index contributed by atoms with van der Waals surface area (Å²) in [7, 11) is -2.69. The summed E-state index contributed by atoms with van der Waals surface area (Å²) in [6.45, 7) is 0.965. The fraction of sp³-hybridized carbons (Fsp3) is 1.00. The molecule has 1 rings (SSSR count). The standard InChI is InChI=1S/C7H15F2N3O2S/c1-11-2-3-12(6(4-10)5-11)15(13,14)7(8)9/h6-7H,2-5,10H2,1H3. The van der Waals surface area contributed by atoms with Crippen LogP contribution in [0.5, 0.6) is 0 Å². The van der Waals surface area contributed by atoms with Crippen molar-refractivity contribution in [3.05, 3.63) is 0 Å². The minimum atomic E-state index is -4.49. The van der Waals surface area contributed by atoms with Gasteiger partial charge in [0, 0.05) is 32.2 Å². The van der Waals surface area contributed by atoms with Gasteiger partial charge in [0.1, 0.15) is 0 Å². The first-order chi connectivity index (χ1) is 6.89. The number of sulfonamides is 1. The molecule has 5 nitrogen and oxygen atoms in total. The predicted octanol–water partition coefficient (Wildman–Crippen LogP) is -0.886. The Kier molecular flexibility index (Phi) is 3.99. The van der Waals surface area contributed by atoms with Gasteiger partial charge in [-0.1, -0.05) is 0 Å². The largest absolute Gasteiger partial charge is 0.350 e. The summed E-state index contributed by atoms with van der Waals surface area (Å²) in [6, 6.07) is -0.553. The fourth-order valence-electron chi connectivity index (χ4n) is 1.62. The second kappa shape index (κ2) is 4.69. The minimum Gasteiger partial charge on any atom is -0.329 e. The van der Waals surface area contributed by atoms with Crippen LogP contribution in [0.3, 0.4) is 0 Å². The van der Waals surface area contributed by atoms with Crippen molar-refractivity contribution in [3.63, 3.8) is 0 Å². The predicted molar refractivity (Wildman–Crippen MR) is 52.0 cm³/mol. The number of piperazine rings is 1. The Hall–Kier alpha value is -0.310. The van der Waals surface area contributed by atoms with Crippen LogP contribution in [0.25, 0.3) is 0 Å². The molecule has 0 aromatic heterocycles. The molecule has 0 aromatic carbocycles. The van der Waals surface area contributed by atoms with E-state index in [4.69, 9.17) is 5.73 Å². The van der Waals surface area contributed by atoms with Crippen molar-refractivity contribution in [1.82, 2.24) is 9.21 Å². The van der Waals surface area contributed by atoms with Crippen LogP contribution < -0.4 is 5.73 Å². The van der Waals surface area contributed by atoms with Gasteiger partial charge in [0.05, 0.1) is 0 Å². The van der Waals surface area contributed by atoms with E-state index in [0.29, 0.717) is 13.1 Å². The molecule has 0 aliphatic carbocycles. The maximum Gasteiger partial charge on any atom is 0.350 e. The first-order valence-electron chi connectivity index (χ1n) is 4.57. The highest BCUT2D eigenvalue weighted by atomic mass is 32.2. The lowest BCUT2D eigenvalue weighted by Crippen LogP contribution is -2.57. The molecular formula is C7H15F2N3O2S. The number of halogens is 2. The lowest BCUT2D eigenvalue weighted by Gasteiger charge is -2.38. The normalized spacial score (nSPS) is 26.1. The average Bonchev–Trinajstić information content (AvgIpc) is 2.16. The lowest BCUT2D eigenvalue weighted by atomic mass is 10.2.